The molecule has 0 aromatic heterocycles. The van der Waals surface area contributed by atoms with Crippen molar-refractivity contribution in [2.24, 2.45) is 0 Å². The second-order valence-electron chi connectivity index (χ2n) is 4.29. The van der Waals surface area contributed by atoms with Gasteiger partial charge in [-0.1, -0.05) is 16.9 Å². The van der Waals surface area contributed by atoms with Gasteiger partial charge >= 0.3 is 10.4 Å². The molecule has 0 N–H and O–H groups in total. The summed E-state index contributed by atoms with van der Waals surface area (Å²) in [5, 5.41) is 0. The van der Waals surface area contributed by atoms with E-state index in [2.05, 4.69) is 0 Å². The van der Waals surface area contributed by atoms with E-state index in [0.29, 0.717) is 6.42 Å². The van der Waals surface area contributed by atoms with E-state index in [0.717, 1.165) is 15.4 Å². The fourth-order valence-electron chi connectivity index (χ4n) is 2.19. The van der Waals surface area contributed by atoms with Crippen molar-refractivity contribution in [1.82, 2.24) is 4.31 Å². The normalized spacial score (nSPS) is 21.9. The summed E-state index contributed by atoms with van der Waals surface area (Å²) in [5.41, 5.74) is 1.64. The van der Waals surface area contributed by atoms with Gasteiger partial charge in [0, 0.05) is 13.1 Å². The first-order valence-electron chi connectivity index (χ1n) is 5.36. The zero-order valence-corrected chi connectivity index (χ0v) is 10.2. The van der Waals surface area contributed by atoms with Gasteiger partial charge in [-0.05, 0) is 35.6 Å². The molecule has 0 aliphatic carbocycles. The number of hydrogen-bond donors (Lipinski definition) is 0. The first kappa shape index (κ1) is 12.4. The molecule has 0 saturated heterocycles. The van der Waals surface area contributed by atoms with Crippen LogP contribution in [0.5, 0.6) is 0 Å². The van der Waals surface area contributed by atoms with Gasteiger partial charge in [-0.15, -0.1) is 0 Å². The Morgan fingerprint density at radius 1 is 1.41 bits per heavy atom. The Labute approximate surface area is 99.4 Å². The largest absolute Gasteiger partial charge is 0.374 e. The van der Waals surface area contributed by atoms with Crippen LogP contribution in [0.1, 0.15) is 24.0 Å². The summed E-state index contributed by atoms with van der Waals surface area (Å²) in [6.07, 6.45) is 0.406. The van der Waals surface area contributed by atoms with Gasteiger partial charge in [-0.2, -0.15) is 12.7 Å². The van der Waals surface area contributed by atoms with Gasteiger partial charge in [0.1, 0.15) is 5.82 Å². The molecule has 1 atom stereocenters. The van der Waals surface area contributed by atoms with Crippen molar-refractivity contribution in [3.63, 3.8) is 0 Å². The third-order valence-corrected chi connectivity index (χ3v) is 4.00. The van der Waals surface area contributed by atoms with Gasteiger partial charge in [0.25, 0.3) is 0 Å². The zero-order valence-electron chi connectivity index (χ0n) is 9.36. The van der Waals surface area contributed by atoms with Crippen molar-refractivity contribution in [2.75, 3.05) is 13.1 Å². The molecular weight excluding hydrogens is 248 g/mol. The fraction of sp³-hybridized carbons (Fsp3) is 0.455. The molecule has 0 saturated carbocycles. The van der Waals surface area contributed by atoms with Gasteiger partial charge in [0.05, 0.1) is 0 Å². The highest BCUT2D eigenvalue weighted by atomic mass is 32.3. The highest BCUT2D eigenvalue weighted by molar-refractivity contribution is 7.83. The maximum absolute atomic E-state index is 13.1. The SMILES string of the molecule is CC1CN(S(=O)(=O)F)CCc2ccc(F)cc21. The number of nitrogens with zero attached hydrogens (tertiary/aromatic N) is 1. The Morgan fingerprint density at radius 3 is 2.76 bits per heavy atom. The van der Waals surface area contributed by atoms with E-state index in [-0.39, 0.29) is 24.8 Å². The molecule has 94 valence electrons. The summed E-state index contributed by atoms with van der Waals surface area (Å²) in [6, 6.07) is 4.37. The van der Waals surface area contributed by atoms with Crippen LogP contribution in [0.25, 0.3) is 0 Å². The van der Waals surface area contributed by atoms with Gasteiger partial charge in [0.15, 0.2) is 0 Å². The molecule has 0 bridgehead atoms. The molecule has 2 rings (SSSR count). The molecule has 6 heteroatoms. The Kier molecular flexibility index (Phi) is 3.18. The third-order valence-electron chi connectivity index (χ3n) is 3.06. The Morgan fingerprint density at radius 2 is 2.12 bits per heavy atom. The predicted molar refractivity (Wildman–Crippen MR) is 60.1 cm³/mol. The molecular formula is C11H13F2NO2S. The third kappa shape index (κ3) is 2.63. The molecule has 1 aromatic rings. The monoisotopic (exact) mass is 261 g/mol. The standard InChI is InChI=1S/C11H13F2NO2S/c1-8-7-14(17(13,15)16)5-4-9-2-3-10(12)6-11(8)9/h2-3,6,8H,4-5,7H2,1H3. The number of rotatable bonds is 1. The molecule has 1 aliphatic heterocycles. The molecule has 0 fully saturated rings. The highest BCUT2D eigenvalue weighted by Gasteiger charge is 2.27. The maximum Gasteiger partial charge on any atom is 0.374 e. The highest BCUT2D eigenvalue weighted by Crippen LogP contribution is 2.27. The van der Waals surface area contributed by atoms with E-state index in [9.17, 15) is 16.7 Å². The van der Waals surface area contributed by atoms with Crippen LogP contribution >= 0.6 is 0 Å². The van der Waals surface area contributed by atoms with Crippen LogP contribution in [-0.4, -0.2) is 25.8 Å². The number of halogens is 2. The molecule has 1 heterocycles. The fourth-order valence-corrected chi connectivity index (χ4v) is 2.90. The van der Waals surface area contributed by atoms with Crippen LogP contribution < -0.4 is 0 Å². The molecule has 3 nitrogen and oxygen atoms in total. The average molecular weight is 261 g/mol. The van der Waals surface area contributed by atoms with Crippen molar-refractivity contribution in [3.05, 3.63) is 35.1 Å². The number of fused-ring (bicyclic) bond motifs is 1. The number of benzene rings is 1. The van der Waals surface area contributed by atoms with Gasteiger partial charge in [0.2, 0.25) is 0 Å². The van der Waals surface area contributed by atoms with Crippen LogP contribution in [0, 0.1) is 5.82 Å². The zero-order chi connectivity index (χ0) is 12.6. The molecule has 0 spiro atoms. The van der Waals surface area contributed by atoms with E-state index in [1.807, 2.05) is 0 Å². The second-order valence-corrected chi connectivity index (χ2v) is 5.63. The van der Waals surface area contributed by atoms with Crippen molar-refractivity contribution in [2.45, 2.75) is 19.3 Å². The molecule has 1 aromatic carbocycles. The topological polar surface area (TPSA) is 37.4 Å². The molecule has 1 aliphatic rings. The van der Waals surface area contributed by atoms with E-state index in [1.165, 1.54) is 12.1 Å². The summed E-state index contributed by atoms with van der Waals surface area (Å²) < 4.78 is 48.7. The smallest absolute Gasteiger partial charge is 0.207 e. The Hall–Kier alpha value is -1.01. The number of hydrogen-bond acceptors (Lipinski definition) is 2. The second kappa shape index (κ2) is 4.34. The summed E-state index contributed by atoms with van der Waals surface area (Å²) in [7, 11) is -4.67. The van der Waals surface area contributed by atoms with Crippen molar-refractivity contribution in [3.8, 4) is 0 Å². The Balaban J connectivity index is 2.36. The molecule has 1 unspecified atom stereocenters. The summed E-state index contributed by atoms with van der Waals surface area (Å²) in [4.78, 5) is 0. The molecule has 17 heavy (non-hydrogen) atoms. The van der Waals surface area contributed by atoms with E-state index in [1.54, 1.807) is 13.0 Å². The Bertz CT molecular complexity index is 530. The first-order valence-corrected chi connectivity index (χ1v) is 6.70. The van der Waals surface area contributed by atoms with Crippen molar-refractivity contribution >= 4 is 10.4 Å². The average Bonchev–Trinajstić information content (AvgIpc) is 2.38. The molecule has 0 amide bonds. The van der Waals surface area contributed by atoms with Crippen molar-refractivity contribution in [1.29, 1.82) is 0 Å². The summed E-state index contributed by atoms with van der Waals surface area (Å²) in [6.45, 7) is 1.92. The van der Waals surface area contributed by atoms with E-state index in [4.69, 9.17) is 0 Å². The van der Waals surface area contributed by atoms with Crippen LogP contribution in [0.15, 0.2) is 18.2 Å². The van der Waals surface area contributed by atoms with E-state index >= 15 is 0 Å². The lowest BCUT2D eigenvalue weighted by Crippen LogP contribution is -2.31. The summed E-state index contributed by atoms with van der Waals surface area (Å²) >= 11 is 0. The lowest BCUT2D eigenvalue weighted by Gasteiger charge is -2.17. The van der Waals surface area contributed by atoms with E-state index < -0.39 is 10.4 Å². The summed E-state index contributed by atoms with van der Waals surface area (Å²) in [5.74, 6) is -0.569. The molecule has 0 radical (unpaired) electrons. The van der Waals surface area contributed by atoms with Crippen LogP contribution in [0.3, 0.4) is 0 Å². The minimum atomic E-state index is -4.67. The van der Waals surface area contributed by atoms with Crippen LogP contribution in [-0.2, 0) is 16.8 Å². The van der Waals surface area contributed by atoms with Crippen LogP contribution in [0.4, 0.5) is 8.28 Å². The van der Waals surface area contributed by atoms with Gasteiger partial charge in [-0.3, -0.25) is 0 Å². The minimum Gasteiger partial charge on any atom is -0.207 e. The first-order chi connectivity index (χ1) is 7.88. The van der Waals surface area contributed by atoms with Crippen molar-refractivity contribution < 1.29 is 16.7 Å². The van der Waals surface area contributed by atoms with Crippen LogP contribution in [0.2, 0.25) is 0 Å². The minimum absolute atomic E-state index is 0.0509. The lowest BCUT2D eigenvalue weighted by atomic mass is 9.95. The quantitative estimate of drug-likeness (QED) is 0.725. The van der Waals surface area contributed by atoms with Gasteiger partial charge in [-0.25, -0.2) is 4.39 Å². The maximum atomic E-state index is 13.1. The predicted octanol–water partition coefficient (Wildman–Crippen LogP) is 2.00. The van der Waals surface area contributed by atoms with Gasteiger partial charge < -0.3 is 0 Å². The lowest BCUT2D eigenvalue weighted by molar-refractivity contribution is 0.380.